The normalized spacial score (nSPS) is 13.7. The van der Waals surface area contributed by atoms with Crippen molar-refractivity contribution in [2.75, 3.05) is 22.5 Å². The lowest BCUT2D eigenvalue weighted by molar-refractivity contribution is 0.256. The van der Waals surface area contributed by atoms with Crippen LogP contribution in [0.3, 0.4) is 0 Å². The highest BCUT2D eigenvalue weighted by molar-refractivity contribution is 6.02. The molecule has 2 aromatic rings. The number of fused-ring (bicyclic) bond motifs is 1. The van der Waals surface area contributed by atoms with Crippen molar-refractivity contribution in [3.05, 3.63) is 53.8 Å². The van der Waals surface area contributed by atoms with E-state index in [2.05, 4.69) is 5.32 Å². The highest BCUT2D eigenvalue weighted by atomic mass is 19.1. The van der Waals surface area contributed by atoms with Crippen LogP contribution in [-0.2, 0) is 6.42 Å². The molecule has 0 saturated heterocycles. The number of carbonyl (C=O) groups excluding carboxylic acids is 1. The van der Waals surface area contributed by atoms with Gasteiger partial charge in [0.05, 0.1) is 5.69 Å². The fourth-order valence-electron chi connectivity index (χ4n) is 2.56. The van der Waals surface area contributed by atoms with Gasteiger partial charge in [-0.1, -0.05) is 12.1 Å². The predicted molar refractivity (Wildman–Crippen MR) is 81.9 cm³/mol. The molecule has 0 fully saturated rings. The number of hydrogen-bond donors (Lipinski definition) is 2. The Morgan fingerprint density at radius 1 is 1.24 bits per heavy atom. The Labute approximate surface area is 122 Å². The zero-order valence-corrected chi connectivity index (χ0v) is 11.5. The zero-order chi connectivity index (χ0) is 14.8. The summed E-state index contributed by atoms with van der Waals surface area (Å²) in [6.07, 6.45) is 1.83. The van der Waals surface area contributed by atoms with E-state index in [1.165, 1.54) is 12.1 Å². The summed E-state index contributed by atoms with van der Waals surface area (Å²) in [5, 5.41) is 2.72. The first-order valence-electron chi connectivity index (χ1n) is 6.86. The minimum atomic E-state index is -0.379. The number of nitrogens with one attached hydrogen (secondary N) is 1. The van der Waals surface area contributed by atoms with Gasteiger partial charge in [-0.3, -0.25) is 4.90 Å². The lowest BCUT2D eigenvalue weighted by atomic mass is 10.0. The van der Waals surface area contributed by atoms with Gasteiger partial charge >= 0.3 is 6.03 Å². The van der Waals surface area contributed by atoms with Crippen LogP contribution in [-0.4, -0.2) is 12.6 Å². The van der Waals surface area contributed by atoms with E-state index in [4.69, 9.17) is 5.73 Å². The van der Waals surface area contributed by atoms with Crippen LogP contribution in [0.5, 0.6) is 0 Å². The summed E-state index contributed by atoms with van der Waals surface area (Å²) < 4.78 is 13.2. The van der Waals surface area contributed by atoms with Crippen molar-refractivity contribution in [2.45, 2.75) is 12.8 Å². The minimum Gasteiger partial charge on any atom is -0.399 e. The molecule has 0 saturated carbocycles. The summed E-state index contributed by atoms with van der Waals surface area (Å²) in [7, 11) is 0. The minimum absolute atomic E-state index is 0.271. The molecule has 108 valence electrons. The van der Waals surface area contributed by atoms with Crippen molar-refractivity contribution in [2.24, 2.45) is 0 Å². The molecule has 2 amide bonds. The topological polar surface area (TPSA) is 58.4 Å². The van der Waals surface area contributed by atoms with Gasteiger partial charge in [0.1, 0.15) is 5.82 Å². The number of carbonyl (C=O) groups is 1. The van der Waals surface area contributed by atoms with Crippen molar-refractivity contribution in [1.82, 2.24) is 0 Å². The number of urea groups is 1. The molecule has 0 radical (unpaired) electrons. The first kappa shape index (κ1) is 13.4. The Bertz CT molecular complexity index is 687. The maximum absolute atomic E-state index is 13.2. The molecule has 0 spiro atoms. The van der Waals surface area contributed by atoms with Gasteiger partial charge < -0.3 is 11.1 Å². The van der Waals surface area contributed by atoms with Gasteiger partial charge in [-0.2, -0.15) is 0 Å². The van der Waals surface area contributed by atoms with Crippen LogP contribution in [0.1, 0.15) is 12.0 Å². The summed E-state index contributed by atoms with van der Waals surface area (Å²) in [6.45, 7) is 0.623. The third-order valence-electron chi connectivity index (χ3n) is 3.55. The molecule has 21 heavy (non-hydrogen) atoms. The number of nitrogens with zero attached hydrogens (tertiary/aromatic N) is 1. The smallest absolute Gasteiger partial charge is 0.326 e. The van der Waals surface area contributed by atoms with Crippen LogP contribution in [0.4, 0.5) is 26.2 Å². The second-order valence-corrected chi connectivity index (χ2v) is 5.08. The molecule has 3 rings (SSSR count). The SMILES string of the molecule is Nc1ccc2c(c1)N(C(=O)Nc1cccc(F)c1)CCC2. The summed E-state index contributed by atoms with van der Waals surface area (Å²) in [5.41, 5.74) is 8.80. The number of hydrogen-bond acceptors (Lipinski definition) is 2. The lowest BCUT2D eigenvalue weighted by Crippen LogP contribution is -2.38. The van der Waals surface area contributed by atoms with Gasteiger partial charge in [-0.25, -0.2) is 9.18 Å². The Morgan fingerprint density at radius 2 is 2.10 bits per heavy atom. The quantitative estimate of drug-likeness (QED) is 0.789. The molecule has 3 N–H and O–H groups in total. The number of rotatable bonds is 1. The number of halogens is 1. The second-order valence-electron chi connectivity index (χ2n) is 5.08. The standard InChI is InChI=1S/C16H16FN3O/c17-12-4-1-5-14(9-12)19-16(21)20-8-2-3-11-6-7-13(18)10-15(11)20/h1,4-7,9-10H,2-3,8,18H2,(H,19,21). The molecule has 0 unspecified atom stereocenters. The monoisotopic (exact) mass is 285 g/mol. The van der Waals surface area contributed by atoms with Gasteiger partial charge in [0.15, 0.2) is 0 Å². The highest BCUT2D eigenvalue weighted by Gasteiger charge is 2.22. The number of nitrogen functional groups attached to an aromatic ring is 1. The van der Waals surface area contributed by atoms with E-state index in [1.54, 1.807) is 23.1 Å². The van der Waals surface area contributed by atoms with Crippen molar-refractivity contribution < 1.29 is 9.18 Å². The molecule has 0 aliphatic carbocycles. The Morgan fingerprint density at radius 3 is 2.90 bits per heavy atom. The first-order chi connectivity index (χ1) is 10.1. The van der Waals surface area contributed by atoms with Gasteiger partial charge in [0, 0.05) is 17.9 Å². The zero-order valence-electron chi connectivity index (χ0n) is 11.5. The van der Waals surface area contributed by atoms with Crippen molar-refractivity contribution in [1.29, 1.82) is 0 Å². The van der Waals surface area contributed by atoms with Crippen LogP contribution < -0.4 is 16.0 Å². The van der Waals surface area contributed by atoms with Gasteiger partial charge in [0.2, 0.25) is 0 Å². The number of aryl methyl sites for hydroxylation is 1. The van der Waals surface area contributed by atoms with Crippen LogP contribution in [0, 0.1) is 5.82 Å². The summed E-state index contributed by atoms with van der Waals surface area (Å²) >= 11 is 0. The fourth-order valence-corrected chi connectivity index (χ4v) is 2.56. The third-order valence-corrected chi connectivity index (χ3v) is 3.55. The van der Waals surface area contributed by atoms with Crippen LogP contribution in [0.15, 0.2) is 42.5 Å². The lowest BCUT2D eigenvalue weighted by Gasteiger charge is -2.29. The van der Waals surface area contributed by atoms with E-state index >= 15 is 0 Å². The maximum Gasteiger partial charge on any atom is 0.326 e. The van der Waals surface area contributed by atoms with Gasteiger partial charge in [-0.15, -0.1) is 0 Å². The van der Waals surface area contributed by atoms with Crippen LogP contribution in [0.2, 0.25) is 0 Å². The van der Waals surface area contributed by atoms with E-state index in [0.717, 1.165) is 24.1 Å². The molecule has 1 heterocycles. The number of amides is 2. The molecule has 4 nitrogen and oxygen atoms in total. The van der Waals surface area contributed by atoms with Gasteiger partial charge in [-0.05, 0) is 48.7 Å². The summed E-state index contributed by atoms with van der Waals surface area (Å²) in [6, 6.07) is 11.2. The average molecular weight is 285 g/mol. The van der Waals surface area contributed by atoms with E-state index in [-0.39, 0.29) is 11.8 Å². The largest absolute Gasteiger partial charge is 0.399 e. The molecule has 1 aliphatic rings. The van der Waals surface area contributed by atoms with Crippen LogP contribution in [0.25, 0.3) is 0 Å². The van der Waals surface area contributed by atoms with Crippen LogP contribution >= 0.6 is 0 Å². The third kappa shape index (κ3) is 2.81. The molecule has 5 heteroatoms. The summed E-state index contributed by atoms with van der Waals surface area (Å²) in [5.74, 6) is -0.379. The van der Waals surface area contributed by atoms with Crippen molar-refractivity contribution in [3.63, 3.8) is 0 Å². The molecule has 0 atom stereocenters. The highest BCUT2D eigenvalue weighted by Crippen LogP contribution is 2.29. The van der Waals surface area contributed by atoms with E-state index in [1.807, 2.05) is 12.1 Å². The average Bonchev–Trinajstić information content (AvgIpc) is 2.46. The van der Waals surface area contributed by atoms with E-state index in [9.17, 15) is 9.18 Å². The van der Waals surface area contributed by atoms with Crippen molar-refractivity contribution in [3.8, 4) is 0 Å². The van der Waals surface area contributed by atoms with Gasteiger partial charge in [0.25, 0.3) is 0 Å². The number of anilines is 3. The Kier molecular flexibility index (Phi) is 3.48. The molecule has 0 aromatic heterocycles. The Balaban J connectivity index is 1.85. The van der Waals surface area contributed by atoms with Crippen molar-refractivity contribution >= 4 is 23.1 Å². The molecular formula is C16H16FN3O. The predicted octanol–water partition coefficient (Wildman–Crippen LogP) is 3.39. The Hall–Kier alpha value is -2.56. The molecule has 2 aromatic carbocycles. The van der Waals surface area contributed by atoms with E-state index in [0.29, 0.717) is 17.9 Å². The first-order valence-corrected chi connectivity index (χ1v) is 6.86. The molecular weight excluding hydrogens is 269 g/mol. The maximum atomic E-state index is 13.2. The van der Waals surface area contributed by atoms with E-state index < -0.39 is 0 Å². The molecule has 1 aliphatic heterocycles. The second kappa shape index (κ2) is 5.44. The number of benzene rings is 2. The molecule has 0 bridgehead atoms. The summed E-state index contributed by atoms with van der Waals surface area (Å²) in [4.78, 5) is 14.1. The number of nitrogens with two attached hydrogens (primary N) is 1. The fraction of sp³-hybridized carbons (Fsp3) is 0.188.